The maximum absolute atomic E-state index is 13.2. The minimum Gasteiger partial charge on any atom is -0.611 e. The molecule has 3 unspecified atom stereocenters. The van der Waals surface area contributed by atoms with E-state index in [1.165, 1.54) is 18.2 Å². The van der Waals surface area contributed by atoms with Gasteiger partial charge < -0.3 is 18.8 Å². The van der Waals surface area contributed by atoms with Crippen LogP contribution in [0.3, 0.4) is 0 Å². The molecule has 1 aromatic heterocycles. The lowest BCUT2D eigenvalue weighted by molar-refractivity contribution is 0.0697. The summed E-state index contributed by atoms with van der Waals surface area (Å²) >= 11 is -1.40. The summed E-state index contributed by atoms with van der Waals surface area (Å²) in [6, 6.07) is 7.40. The molecule has 0 bridgehead atoms. The summed E-state index contributed by atoms with van der Waals surface area (Å²) in [7, 11) is 0. The van der Waals surface area contributed by atoms with Crippen LogP contribution in [-0.4, -0.2) is 27.0 Å². The number of carbonyl (C=O) groups is 1. The second-order valence-corrected chi connectivity index (χ2v) is 8.94. The van der Waals surface area contributed by atoms with Crippen LogP contribution in [0, 0.1) is 0 Å². The van der Waals surface area contributed by atoms with Crippen LogP contribution >= 0.6 is 0 Å². The second kappa shape index (κ2) is 8.47. The average Bonchev–Trinajstić information content (AvgIpc) is 2.72. The van der Waals surface area contributed by atoms with E-state index in [0.29, 0.717) is 17.1 Å². The van der Waals surface area contributed by atoms with Gasteiger partial charge in [0.1, 0.15) is 16.6 Å². The quantitative estimate of drug-likeness (QED) is 0.442. The monoisotopic (exact) mass is 416 g/mol. The standard InChI is InChI=1S/C22H24O6S/c1-5-12(3)27-15-10-17-20(23)16-9-14(22(24)25)7-8-18(16)28-21(17)19(11-15)29(26)13(4)6-2/h7-13H,5-6H2,1-4H3,(H,24,25). The van der Waals surface area contributed by atoms with Gasteiger partial charge in [-0.3, -0.25) is 4.79 Å². The number of aromatic carboxylic acids is 1. The predicted octanol–water partition coefficient (Wildman–Crippen LogP) is 4.73. The van der Waals surface area contributed by atoms with Crippen molar-refractivity contribution in [3.63, 3.8) is 0 Å². The molecule has 0 fully saturated rings. The van der Waals surface area contributed by atoms with Crippen molar-refractivity contribution in [2.45, 2.75) is 56.8 Å². The molecule has 0 spiro atoms. The highest BCUT2D eigenvalue weighted by atomic mass is 32.2. The summed E-state index contributed by atoms with van der Waals surface area (Å²) < 4.78 is 25.0. The van der Waals surface area contributed by atoms with E-state index in [1.807, 2.05) is 27.7 Å². The summed E-state index contributed by atoms with van der Waals surface area (Å²) in [5.41, 5.74) is 0.132. The van der Waals surface area contributed by atoms with Crippen LogP contribution in [0.25, 0.3) is 21.9 Å². The molecule has 0 saturated heterocycles. The molecule has 0 aliphatic heterocycles. The van der Waals surface area contributed by atoms with Crippen molar-refractivity contribution in [1.82, 2.24) is 0 Å². The van der Waals surface area contributed by atoms with Gasteiger partial charge in [0.25, 0.3) is 0 Å². The molecule has 6 nitrogen and oxygen atoms in total. The van der Waals surface area contributed by atoms with Gasteiger partial charge in [-0.05, 0) is 62.1 Å². The fraction of sp³-hybridized carbons (Fsp3) is 0.364. The summed E-state index contributed by atoms with van der Waals surface area (Å²) in [5.74, 6) is -0.682. The fourth-order valence-corrected chi connectivity index (χ4v) is 4.24. The molecule has 0 amide bonds. The SMILES string of the molecule is CCC(C)Oc1cc([S+]([O-])C(C)CC)c2oc3ccc(C(=O)O)cc3c(=O)c2c1. The molecule has 7 heteroatoms. The van der Waals surface area contributed by atoms with E-state index < -0.39 is 17.1 Å². The lowest BCUT2D eigenvalue weighted by Gasteiger charge is -2.19. The van der Waals surface area contributed by atoms with Gasteiger partial charge in [0, 0.05) is 6.07 Å². The molecular formula is C22H24O6S. The van der Waals surface area contributed by atoms with Crippen molar-refractivity contribution in [3.8, 4) is 5.75 Å². The fourth-order valence-electron chi connectivity index (χ4n) is 2.94. The Kier molecular flexibility index (Phi) is 6.19. The van der Waals surface area contributed by atoms with Crippen molar-refractivity contribution in [2.75, 3.05) is 0 Å². The molecule has 3 rings (SSSR count). The number of hydrogen-bond acceptors (Lipinski definition) is 5. The molecule has 29 heavy (non-hydrogen) atoms. The van der Waals surface area contributed by atoms with Crippen molar-refractivity contribution >= 4 is 39.1 Å². The summed E-state index contributed by atoms with van der Waals surface area (Å²) in [6.45, 7) is 7.72. The molecule has 0 radical (unpaired) electrons. The van der Waals surface area contributed by atoms with Gasteiger partial charge in [-0.15, -0.1) is 0 Å². The highest BCUT2D eigenvalue weighted by Gasteiger charge is 2.26. The smallest absolute Gasteiger partial charge is 0.335 e. The van der Waals surface area contributed by atoms with E-state index in [1.54, 1.807) is 12.1 Å². The highest BCUT2D eigenvalue weighted by molar-refractivity contribution is 7.92. The molecule has 154 valence electrons. The minimum absolute atomic E-state index is 0.000403. The summed E-state index contributed by atoms with van der Waals surface area (Å²) in [6.07, 6.45) is 1.39. The Hall–Kier alpha value is -2.51. The molecule has 0 aliphatic rings. The lowest BCUT2D eigenvalue weighted by Crippen LogP contribution is -2.19. The first kappa shape index (κ1) is 21.2. The van der Waals surface area contributed by atoms with E-state index >= 15 is 0 Å². The number of benzene rings is 2. The van der Waals surface area contributed by atoms with Crippen molar-refractivity contribution in [1.29, 1.82) is 0 Å². The topological polar surface area (TPSA) is 99.8 Å². The van der Waals surface area contributed by atoms with Crippen LogP contribution in [-0.2, 0) is 11.2 Å². The lowest BCUT2D eigenvalue weighted by atomic mass is 10.1. The Balaban J connectivity index is 2.34. The van der Waals surface area contributed by atoms with Crippen LogP contribution in [0.1, 0.15) is 50.9 Å². The first-order valence-corrected chi connectivity index (χ1v) is 10.8. The average molecular weight is 416 g/mol. The Bertz CT molecular complexity index is 1120. The number of fused-ring (bicyclic) bond motifs is 2. The van der Waals surface area contributed by atoms with Crippen molar-refractivity contribution < 1.29 is 23.6 Å². The molecule has 1 N–H and O–H groups in total. The van der Waals surface area contributed by atoms with Gasteiger partial charge in [0.15, 0.2) is 10.5 Å². The van der Waals surface area contributed by atoms with Gasteiger partial charge in [-0.1, -0.05) is 13.8 Å². The first-order chi connectivity index (χ1) is 13.8. The number of rotatable bonds is 7. The third-order valence-corrected chi connectivity index (χ3v) is 6.83. The number of ether oxygens (including phenoxy) is 1. The Morgan fingerprint density at radius 2 is 1.90 bits per heavy atom. The zero-order valence-corrected chi connectivity index (χ0v) is 17.7. The largest absolute Gasteiger partial charge is 0.611 e. The molecule has 0 aliphatic carbocycles. The molecule has 1 heterocycles. The molecule has 0 saturated carbocycles. The molecular weight excluding hydrogens is 392 g/mol. The summed E-state index contributed by atoms with van der Waals surface area (Å²) in [4.78, 5) is 24.9. The normalized spacial score (nSPS) is 14.7. The minimum atomic E-state index is -1.40. The van der Waals surface area contributed by atoms with Gasteiger partial charge >= 0.3 is 5.97 Å². The van der Waals surface area contributed by atoms with Gasteiger partial charge in [0.05, 0.1) is 22.4 Å². The first-order valence-electron chi connectivity index (χ1n) is 9.61. The number of carboxylic acids is 1. The highest BCUT2D eigenvalue weighted by Crippen LogP contribution is 2.33. The summed E-state index contributed by atoms with van der Waals surface area (Å²) in [5, 5.41) is 9.49. The molecule has 3 aromatic rings. The van der Waals surface area contributed by atoms with Crippen LogP contribution in [0.2, 0.25) is 0 Å². The van der Waals surface area contributed by atoms with E-state index in [-0.39, 0.29) is 44.3 Å². The number of hydrogen-bond donors (Lipinski definition) is 1. The van der Waals surface area contributed by atoms with Gasteiger partial charge in [0.2, 0.25) is 5.43 Å². The zero-order chi connectivity index (χ0) is 21.3. The van der Waals surface area contributed by atoms with Crippen LogP contribution in [0.4, 0.5) is 0 Å². The van der Waals surface area contributed by atoms with Crippen LogP contribution < -0.4 is 10.2 Å². The maximum Gasteiger partial charge on any atom is 0.335 e. The van der Waals surface area contributed by atoms with Crippen molar-refractivity contribution in [3.05, 3.63) is 46.1 Å². The molecule has 3 atom stereocenters. The van der Waals surface area contributed by atoms with Crippen LogP contribution in [0.5, 0.6) is 5.75 Å². The Morgan fingerprint density at radius 3 is 2.52 bits per heavy atom. The van der Waals surface area contributed by atoms with E-state index in [2.05, 4.69) is 0 Å². The maximum atomic E-state index is 13.2. The Morgan fingerprint density at radius 1 is 1.17 bits per heavy atom. The third kappa shape index (κ3) is 4.11. The van der Waals surface area contributed by atoms with E-state index in [4.69, 9.17) is 9.15 Å². The van der Waals surface area contributed by atoms with Gasteiger partial charge in [-0.25, -0.2) is 4.79 Å². The molecule has 2 aromatic carbocycles. The van der Waals surface area contributed by atoms with E-state index in [0.717, 1.165) is 6.42 Å². The Labute approximate surface area is 171 Å². The van der Waals surface area contributed by atoms with Gasteiger partial charge in [-0.2, -0.15) is 0 Å². The second-order valence-electron chi connectivity index (χ2n) is 7.10. The van der Waals surface area contributed by atoms with E-state index in [9.17, 15) is 19.2 Å². The predicted molar refractivity (Wildman–Crippen MR) is 113 cm³/mol. The van der Waals surface area contributed by atoms with Crippen molar-refractivity contribution in [2.24, 2.45) is 0 Å². The van der Waals surface area contributed by atoms with Crippen LogP contribution in [0.15, 0.2) is 44.4 Å². The third-order valence-electron chi connectivity index (χ3n) is 5.03. The zero-order valence-electron chi connectivity index (χ0n) is 16.9. The number of carboxylic acid groups (broad SMARTS) is 1.